The Morgan fingerprint density at radius 3 is 2.75 bits per heavy atom. The van der Waals surface area contributed by atoms with E-state index in [2.05, 4.69) is 10.2 Å². The number of benzene rings is 1. The fourth-order valence-corrected chi connectivity index (χ4v) is 1.63. The second kappa shape index (κ2) is 6.69. The van der Waals surface area contributed by atoms with Gasteiger partial charge in [0.05, 0.1) is 12.3 Å². The third kappa shape index (κ3) is 3.34. The number of methoxy groups -OCH3 is 1. The lowest BCUT2D eigenvalue weighted by Crippen LogP contribution is -2.30. The van der Waals surface area contributed by atoms with Crippen LogP contribution in [0.15, 0.2) is 30.3 Å². The van der Waals surface area contributed by atoms with Crippen molar-refractivity contribution in [2.24, 2.45) is 5.84 Å². The summed E-state index contributed by atoms with van der Waals surface area (Å²) in [7, 11) is 1.62. The molecule has 0 bridgehead atoms. The lowest BCUT2D eigenvalue weighted by molar-refractivity contribution is 0.0948. The fourth-order valence-electron chi connectivity index (χ4n) is 1.63. The second-order valence-electron chi connectivity index (χ2n) is 4.01. The van der Waals surface area contributed by atoms with E-state index < -0.39 is 5.91 Å². The van der Waals surface area contributed by atoms with Crippen LogP contribution >= 0.6 is 0 Å². The van der Waals surface area contributed by atoms with E-state index in [1.807, 2.05) is 29.7 Å². The third-order valence-corrected chi connectivity index (χ3v) is 2.66. The Bertz CT molecular complexity index is 565. The molecule has 1 amide bonds. The average Bonchev–Trinajstić information content (AvgIpc) is 2.97. The van der Waals surface area contributed by atoms with Crippen LogP contribution in [0.3, 0.4) is 0 Å². The summed E-state index contributed by atoms with van der Waals surface area (Å²) in [6, 6.07) is 9.03. The fraction of sp³-hybridized carbons (Fsp3) is 0.231. The molecule has 2 aromatic rings. The van der Waals surface area contributed by atoms with E-state index >= 15 is 0 Å². The molecular weight excluding hydrogens is 260 g/mol. The molecule has 7 nitrogen and oxygen atoms in total. The summed E-state index contributed by atoms with van der Waals surface area (Å²) in [5.74, 6) is 5.39. The molecule has 1 heterocycles. The highest BCUT2D eigenvalue weighted by Crippen LogP contribution is 2.21. The minimum absolute atomic E-state index is 0.308. The zero-order chi connectivity index (χ0) is 14.4. The summed E-state index contributed by atoms with van der Waals surface area (Å²) >= 11 is 0. The number of nitrogens with one attached hydrogen (secondary N) is 2. The van der Waals surface area contributed by atoms with Crippen LogP contribution in [0.2, 0.25) is 0 Å². The Morgan fingerprint density at radius 1 is 1.35 bits per heavy atom. The van der Waals surface area contributed by atoms with Gasteiger partial charge in [-0.25, -0.2) is 5.84 Å². The van der Waals surface area contributed by atoms with E-state index in [-0.39, 0.29) is 0 Å². The quantitative estimate of drug-likeness (QED) is 0.312. The molecule has 0 unspecified atom stereocenters. The summed E-state index contributed by atoms with van der Waals surface area (Å²) in [5, 5.41) is 6.68. The standard InChI is InChI=1S/C13H16N4O3/c1-19-6-7-20-10-4-2-9(3-5-10)11-8-12(17-16-11)13(18)15-14/h2-5,8H,6-7,14H2,1H3,(H,15,18)(H,16,17). The average molecular weight is 276 g/mol. The maximum atomic E-state index is 11.3. The number of carbonyl (C=O) groups excluding carboxylic acids is 1. The van der Waals surface area contributed by atoms with Crippen molar-refractivity contribution in [3.8, 4) is 17.0 Å². The van der Waals surface area contributed by atoms with Gasteiger partial charge >= 0.3 is 0 Å². The molecule has 0 saturated carbocycles. The van der Waals surface area contributed by atoms with Gasteiger partial charge in [0.15, 0.2) is 0 Å². The number of aromatic amines is 1. The van der Waals surface area contributed by atoms with Gasteiger partial charge in [0.1, 0.15) is 18.1 Å². The molecule has 0 saturated heterocycles. The minimum atomic E-state index is -0.414. The molecule has 4 N–H and O–H groups in total. The Morgan fingerprint density at radius 2 is 2.10 bits per heavy atom. The maximum Gasteiger partial charge on any atom is 0.283 e. The lowest BCUT2D eigenvalue weighted by atomic mass is 10.1. The first-order valence-corrected chi connectivity index (χ1v) is 6.03. The largest absolute Gasteiger partial charge is 0.491 e. The van der Waals surface area contributed by atoms with Gasteiger partial charge < -0.3 is 9.47 Å². The lowest BCUT2D eigenvalue weighted by Gasteiger charge is -2.05. The zero-order valence-electron chi connectivity index (χ0n) is 11.1. The van der Waals surface area contributed by atoms with Crippen LogP contribution in [0.4, 0.5) is 0 Å². The van der Waals surface area contributed by atoms with Gasteiger partial charge in [-0.3, -0.25) is 15.3 Å². The smallest absolute Gasteiger partial charge is 0.283 e. The normalized spacial score (nSPS) is 10.3. The van der Waals surface area contributed by atoms with E-state index in [4.69, 9.17) is 15.3 Å². The molecule has 1 aromatic heterocycles. The van der Waals surface area contributed by atoms with Crippen LogP contribution in [0.25, 0.3) is 11.3 Å². The molecule has 0 atom stereocenters. The van der Waals surface area contributed by atoms with Gasteiger partial charge in [0, 0.05) is 12.7 Å². The highest BCUT2D eigenvalue weighted by Gasteiger charge is 2.09. The first kappa shape index (κ1) is 14.0. The van der Waals surface area contributed by atoms with Crippen LogP contribution in [-0.4, -0.2) is 36.4 Å². The van der Waals surface area contributed by atoms with E-state index in [0.717, 1.165) is 11.3 Å². The van der Waals surface area contributed by atoms with E-state index in [0.29, 0.717) is 24.6 Å². The number of hydrogen-bond acceptors (Lipinski definition) is 5. The van der Waals surface area contributed by atoms with Crippen molar-refractivity contribution < 1.29 is 14.3 Å². The first-order chi connectivity index (χ1) is 9.74. The summed E-state index contributed by atoms with van der Waals surface area (Å²) in [6.07, 6.45) is 0. The van der Waals surface area contributed by atoms with Crippen molar-refractivity contribution in [1.29, 1.82) is 0 Å². The Hall–Kier alpha value is -2.38. The van der Waals surface area contributed by atoms with Gasteiger partial charge in [-0.05, 0) is 30.3 Å². The topological polar surface area (TPSA) is 102 Å². The molecule has 0 aliphatic rings. The number of hydrazine groups is 1. The number of amides is 1. The van der Waals surface area contributed by atoms with Crippen molar-refractivity contribution >= 4 is 5.91 Å². The highest BCUT2D eigenvalue weighted by molar-refractivity contribution is 5.92. The first-order valence-electron chi connectivity index (χ1n) is 6.03. The van der Waals surface area contributed by atoms with Gasteiger partial charge in [0.25, 0.3) is 5.91 Å². The Balaban J connectivity index is 2.06. The molecule has 20 heavy (non-hydrogen) atoms. The molecule has 106 valence electrons. The second-order valence-corrected chi connectivity index (χ2v) is 4.01. The monoisotopic (exact) mass is 276 g/mol. The summed E-state index contributed by atoms with van der Waals surface area (Å²) in [6.45, 7) is 1.04. The SMILES string of the molecule is COCCOc1ccc(-c2cc(C(=O)NN)[nH]n2)cc1. The number of aromatic nitrogens is 2. The van der Waals surface area contributed by atoms with Crippen molar-refractivity contribution in [2.75, 3.05) is 20.3 Å². The van der Waals surface area contributed by atoms with Gasteiger partial charge in [-0.15, -0.1) is 0 Å². The minimum Gasteiger partial charge on any atom is -0.491 e. The molecule has 2 rings (SSSR count). The van der Waals surface area contributed by atoms with Crippen LogP contribution in [-0.2, 0) is 4.74 Å². The number of nitrogens with zero attached hydrogens (tertiary/aromatic N) is 1. The molecule has 0 spiro atoms. The number of carbonyl (C=O) groups is 1. The highest BCUT2D eigenvalue weighted by atomic mass is 16.5. The number of ether oxygens (including phenoxy) is 2. The van der Waals surface area contributed by atoms with Crippen LogP contribution in [0.1, 0.15) is 10.5 Å². The molecule has 0 aliphatic heterocycles. The van der Waals surface area contributed by atoms with Crippen molar-refractivity contribution in [1.82, 2.24) is 15.6 Å². The molecular formula is C13H16N4O3. The Kier molecular flexibility index (Phi) is 4.70. The molecule has 7 heteroatoms. The van der Waals surface area contributed by atoms with Gasteiger partial charge in [-0.1, -0.05) is 0 Å². The van der Waals surface area contributed by atoms with Crippen molar-refractivity contribution in [2.45, 2.75) is 0 Å². The van der Waals surface area contributed by atoms with E-state index in [9.17, 15) is 4.79 Å². The van der Waals surface area contributed by atoms with E-state index in [1.165, 1.54) is 0 Å². The molecule has 0 radical (unpaired) electrons. The summed E-state index contributed by atoms with van der Waals surface area (Å²) in [5.41, 5.74) is 3.88. The predicted molar refractivity (Wildman–Crippen MR) is 73.0 cm³/mol. The van der Waals surface area contributed by atoms with Crippen LogP contribution in [0.5, 0.6) is 5.75 Å². The number of nitrogen functional groups attached to an aromatic ring is 1. The van der Waals surface area contributed by atoms with Crippen LogP contribution < -0.4 is 16.0 Å². The zero-order valence-corrected chi connectivity index (χ0v) is 11.1. The molecule has 1 aromatic carbocycles. The summed E-state index contributed by atoms with van der Waals surface area (Å²) in [4.78, 5) is 11.3. The van der Waals surface area contributed by atoms with Crippen molar-refractivity contribution in [3.05, 3.63) is 36.0 Å². The number of hydrogen-bond donors (Lipinski definition) is 3. The maximum absolute atomic E-state index is 11.3. The number of nitrogens with two attached hydrogens (primary N) is 1. The molecule has 0 fully saturated rings. The third-order valence-electron chi connectivity index (χ3n) is 2.66. The van der Waals surface area contributed by atoms with E-state index in [1.54, 1.807) is 13.2 Å². The number of rotatable bonds is 6. The number of H-pyrrole nitrogens is 1. The van der Waals surface area contributed by atoms with Gasteiger partial charge in [-0.2, -0.15) is 5.10 Å². The predicted octanol–water partition coefficient (Wildman–Crippen LogP) is 0.705. The van der Waals surface area contributed by atoms with Crippen LogP contribution in [0, 0.1) is 0 Å². The summed E-state index contributed by atoms with van der Waals surface area (Å²) < 4.78 is 10.4. The Labute approximate surface area is 116 Å². The van der Waals surface area contributed by atoms with Gasteiger partial charge in [0.2, 0.25) is 0 Å². The molecule has 0 aliphatic carbocycles. The van der Waals surface area contributed by atoms with Crippen molar-refractivity contribution in [3.63, 3.8) is 0 Å².